The van der Waals surface area contributed by atoms with Crippen LogP contribution in [0.4, 0.5) is 5.69 Å². The van der Waals surface area contributed by atoms with E-state index in [9.17, 15) is 9.90 Å². The quantitative estimate of drug-likeness (QED) is 0.337. The van der Waals surface area contributed by atoms with Gasteiger partial charge >= 0.3 is 5.97 Å². The van der Waals surface area contributed by atoms with Gasteiger partial charge in [0.2, 0.25) is 0 Å². The van der Waals surface area contributed by atoms with E-state index in [1.165, 1.54) is 6.07 Å². The van der Waals surface area contributed by atoms with Crippen molar-refractivity contribution in [2.45, 2.75) is 33.1 Å². The summed E-state index contributed by atoms with van der Waals surface area (Å²) < 4.78 is 11.5. The molecule has 0 saturated carbocycles. The van der Waals surface area contributed by atoms with Gasteiger partial charge in [-0.3, -0.25) is 5.43 Å². The minimum atomic E-state index is -1.00. The Balaban J connectivity index is 2.06. The van der Waals surface area contributed by atoms with E-state index in [-0.39, 0.29) is 5.56 Å². The summed E-state index contributed by atoms with van der Waals surface area (Å²) in [6, 6.07) is 12.2. The molecule has 0 heterocycles. The second-order valence-corrected chi connectivity index (χ2v) is 5.92. The minimum Gasteiger partial charge on any atom is -0.490 e. The molecule has 0 saturated heterocycles. The Hall–Kier alpha value is -3.02. The largest absolute Gasteiger partial charge is 0.490 e. The molecule has 6 heteroatoms. The number of aromatic carboxylic acids is 1. The van der Waals surface area contributed by atoms with Crippen LogP contribution in [-0.4, -0.2) is 30.5 Å². The normalized spacial score (nSPS) is 10.7. The molecule has 6 nitrogen and oxygen atoms in total. The van der Waals surface area contributed by atoms with Gasteiger partial charge < -0.3 is 14.6 Å². The van der Waals surface area contributed by atoms with Crippen LogP contribution in [0.15, 0.2) is 47.6 Å². The second kappa shape index (κ2) is 10.9. The first-order valence-corrected chi connectivity index (χ1v) is 9.16. The van der Waals surface area contributed by atoms with Crippen LogP contribution in [0.3, 0.4) is 0 Å². The van der Waals surface area contributed by atoms with Gasteiger partial charge in [-0.15, -0.1) is 0 Å². The predicted octanol–water partition coefficient (Wildman–Crippen LogP) is 4.80. The SMILES string of the molecule is CCCCCOc1ccc(/C=N/Nc2ccccc2C(=O)O)cc1OCC. The van der Waals surface area contributed by atoms with Gasteiger partial charge in [-0.05, 0) is 49.2 Å². The van der Waals surface area contributed by atoms with Crippen molar-refractivity contribution in [1.82, 2.24) is 0 Å². The first-order chi connectivity index (χ1) is 13.2. The number of hydrazone groups is 1. The fraction of sp³-hybridized carbons (Fsp3) is 0.333. The molecule has 0 radical (unpaired) electrons. The van der Waals surface area contributed by atoms with Gasteiger partial charge in [-0.1, -0.05) is 31.9 Å². The number of anilines is 1. The van der Waals surface area contributed by atoms with E-state index < -0.39 is 5.97 Å². The molecular formula is C21H26N2O4. The first kappa shape index (κ1) is 20.3. The van der Waals surface area contributed by atoms with E-state index >= 15 is 0 Å². The van der Waals surface area contributed by atoms with Gasteiger partial charge in [0.05, 0.1) is 30.7 Å². The van der Waals surface area contributed by atoms with Gasteiger partial charge in [0, 0.05) is 0 Å². The van der Waals surface area contributed by atoms with Crippen LogP contribution in [0.1, 0.15) is 49.0 Å². The number of ether oxygens (including phenoxy) is 2. The molecule has 0 amide bonds. The Morgan fingerprint density at radius 3 is 2.67 bits per heavy atom. The van der Waals surface area contributed by atoms with Crippen molar-refractivity contribution < 1.29 is 19.4 Å². The number of unbranched alkanes of at least 4 members (excludes halogenated alkanes) is 2. The summed E-state index contributed by atoms with van der Waals surface area (Å²) in [5, 5.41) is 13.3. The molecule has 2 rings (SSSR count). The fourth-order valence-corrected chi connectivity index (χ4v) is 2.47. The van der Waals surface area contributed by atoms with E-state index in [0.717, 1.165) is 24.8 Å². The summed E-state index contributed by atoms with van der Waals surface area (Å²) >= 11 is 0. The monoisotopic (exact) mass is 370 g/mol. The molecule has 27 heavy (non-hydrogen) atoms. The number of para-hydroxylation sites is 1. The number of nitrogens with one attached hydrogen (secondary N) is 1. The third-order valence-corrected chi connectivity index (χ3v) is 3.83. The number of carboxylic acid groups (broad SMARTS) is 1. The summed E-state index contributed by atoms with van der Waals surface area (Å²) in [7, 11) is 0. The summed E-state index contributed by atoms with van der Waals surface area (Å²) in [5.41, 5.74) is 4.19. The summed E-state index contributed by atoms with van der Waals surface area (Å²) in [6.07, 6.45) is 4.91. The summed E-state index contributed by atoms with van der Waals surface area (Å²) in [5.74, 6) is 0.384. The van der Waals surface area contributed by atoms with Gasteiger partial charge in [0.1, 0.15) is 0 Å². The Kier molecular flexibility index (Phi) is 8.16. The Labute approximate surface area is 159 Å². The van der Waals surface area contributed by atoms with Gasteiger partial charge in [-0.25, -0.2) is 4.79 Å². The van der Waals surface area contributed by atoms with E-state index in [4.69, 9.17) is 9.47 Å². The molecule has 0 unspecified atom stereocenters. The summed E-state index contributed by atoms with van der Waals surface area (Å²) in [6.45, 7) is 5.28. The van der Waals surface area contributed by atoms with E-state index in [1.807, 2.05) is 25.1 Å². The molecular weight excluding hydrogens is 344 g/mol. The standard InChI is InChI=1S/C21H26N2O4/c1-3-5-8-13-27-19-12-11-16(14-20(19)26-4-2)15-22-23-18-10-7-6-9-17(18)21(24)25/h6-7,9-12,14-15,23H,3-5,8,13H2,1-2H3,(H,24,25)/b22-15+. The van der Waals surface area contributed by atoms with Crippen LogP contribution in [-0.2, 0) is 0 Å². The Morgan fingerprint density at radius 2 is 1.93 bits per heavy atom. The molecule has 0 aromatic heterocycles. The number of benzene rings is 2. The number of hydrogen-bond donors (Lipinski definition) is 2. The first-order valence-electron chi connectivity index (χ1n) is 9.16. The van der Waals surface area contributed by atoms with Crippen molar-refractivity contribution in [1.29, 1.82) is 0 Å². The van der Waals surface area contributed by atoms with Crippen molar-refractivity contribution in [2.75, 3.05) is 18.6 Å². The molecule has 144 valence electrons. The smallest absolute Gasteiger partial charge is 0.337 e. The van der Waals surface area contributed by atoms with Crippen LogP contribution in [0.25, 0.3) is 0 Å². The highest BCUT2D eigenvalue weighted by molar-refractivity contribution is 5.94. The maximum atomic E-state index is 11.2. The second-order valence-electron chi connectivity index (χ2n) is 5.92. The molecule has 0 aliphatic heterocycles. The topological polar surface area (TPSA) is 80.2 Å². The molecule has 0 bridgehead atoms. The molecule has 0 spiro atoms. The summed E-state index contributed by atoms with van der Waals surface area (Å²) in [4.78, 5) is 11.2. The zero-order valence-corrected chi connectivity index (χ0v) is 15.8. The number of carboxylic acids is 1. The highest BCUT2D eigenvalue weighted by Crippen LogP contribution is 2.28. The van der Waals surface area contributed by atoms with Crippen molar-refractivity contribution in [3.05, 3.63) is 53.6 Å². The molecule has 2 aromatic carbocycles. The van der Waals surface area contributed by atoms with Crippen molar-refractivity contribution in [3.63, 3.8) is 0 Å². The average Bonchev–Trinajstić information content (AvgIpc) is 2.67. The third-order valence-electron chi connectivity index (χ3n) is 3.83. The number of rotatable bonds is 11. The van der Waals surface area contributed by atoms with Crippen LogP contribution in [0.2, 0.25) is 0 Å². The highest BCUT2D eigenvalue weighted by Gasteiger charge is 2.08. The van der Waals surface area contributed by atoms with Gasteiger partial charge in [0.25, 0.3) is 0 Å². The van der Waals surface area contributed by atoms with Crippen LogP contribution in [0, 0.1) is 0 Å². The van der Waals surface area contributed by atoms with E-state index in [1.54, 1.807) is 24.4 Å². The lowest BCUT2D eigenvalue weighted by Gasteiger charge is -2.12. The maximum absolute atomic E-state index is 11.2. The van der Waals surface area contributed by atoms with Crippen molar-refractivity contribution in [3.8, 4) is 11.5 Å². The molecule has 2 N–H and O–H groups in total. The third kappa shape index (κ3) is 6.33. The Morgan fingerprint density at radius 1 is 1.11 bits per heavy atom. The van der Waals surface area contributed by atoms with Gasteiger partial charge in [0.15, 0.2) is 11.5 Å². The number of carbonyl (C=O) groups is 1. The zero-order chi connectivity index (χ0) is 19.5. The molecule has 0 fully saturated rings. The predicted molar refractivity (Wildman–Crippen MR) is 107 cm³/mol. The van der Waals surface area contributed by atoms with Crippen molar-refractivity contribution >= 4 is 17.9 Å². The zero-order valence-electron chi connectivity index (χ0n) is 15.8. The van der Waals surface area contributed by atoms with Gasteiger partial charge in [-0.2, -0.15) is 5.10 Å². The van der Waals surface area contributed by atoms with Crippen LogP contribution in [0.5, 0.6) is 11.5 Å². The fourth-order valence-electron chi connectivity index (χ4n) is 2.47. The lowest BCUT2D eigenvalue weighted by molar-refractivity contribution is 0.0698. The van der Waals surface area contributed by atoms with E-state index in [2.05, 4.69) is 17.5 Å². The molecule has 2 aromatic rings. The molecule has 0 atom stereocenters. The lowest BCUT2D eigenvalue weighted by Crippen LogP contribution is -2.03. The number of nitrogens with zero attached hydrogens (tertiary/aromatic N) is 1. The lowest BCUT2D eigenvalue weighted by atomic mass is 10.2. The number of hydrogen-bond acceptors (Lipinski definition) is 5. The molecule has 0 aliphatic carbocycles. The van der Waals surface area contributed by atoms with E-state index in [0.29, 0.717) is 30.4 Å². The van der Waals surface area contributed by atoms with Crippen LogP contribution >= 0.6 is 0 Å². The molecule has 0 aliphatic rings. The average molecular weight is 370 g/mol. The Bertz CT molecular complexity index is 775. The van der Waals surface area contributed by atoms with Crippen LogP contribution < -0.4 is 14.9 Å². The highest BCUT2D eigenvalue weighted by atomic mass is 16.5. The van der Waals surface area contributed by atoms with Crippen molar-refractivity contribution in [2.24, 2.45) is 5.10 Å². The minimum absolute atomic E-state index is 0.167. The maximum Gasteiger partial charge on any atom is 0.337 e.